The molecule has 0 aliphatic carbocycles. The second-order valence-corrected chi connectivity index (χ2v) is 4.86. The van der Waals surface area contributed by atoms with Crippen molar-refractivity contribution in [2.24, 2.45) is 7.05 Å². The first kappa shape index (κ1) is 13.0. The van der Waals surface area contributed by atoms with Gasteiger partial charge in [-0.05, 0) is 18.6 Å². The van der Waals surface area contributed by atoms with Gasteiger partial charge in [-0.1, -0.05) is 19.1 Å². The highest BCUT2D eigenvalue weighted by Gasteiger charge is 2.16. The molecule has 1 aromatic carbocycles. The summed E-state index contributed by atoms with van der Waals surface area (Å²) >= 11 is 0. The van der Waals surface area contributed by atoms with Crippen molar-refractivity contribution in [1.82, 2.24) is 15.1 Å². The predicted molar refractivity (Wildman–Crippen MR) is 75.7 cm³/mol. The van der Waals surface area contributed by atoms with Gasteiger partial charge in [0.2, 0.25) is 6.79 Å². The first-order valence-electron chi connectivity index (χ1n) is 6.88. The number of nitrogens with zero attached hydrogens (tertiary/aromatic N) is 2. The van der Waals surface area contributed by atoms with E-state index in [1.807, 2.05) is 23.9 Å². The fourth-order valence-electron chi connectivity index (χ4n) is 2.36. The van der Waals surface area contributed by atoms with Crippen LogP contribution in [-0.4, -0.2) is 16.6 Å². The molecule has 5 nitrogen and oxygen atoms in total. The van der Waals surface area contributed by atoms with Gasteiger partial charge in [0.25, 0.3) is 0 Å². The van der Waals surface area contributed by atoms with Crippen molar-refractivity contribution >= 4 is 0 Å². The van der Waals surface area contributed by atoms with Gasteiger partial charge < -0.3 is 14.8 Å². The number of aromatic nitrogens is 2. The van der Waals surface area contributed by atoms with E-state index < -0.39 is 0 Å². The minimum absolute atomic E-state index is 0.313. The Balaban J connectivity index is 1.63. The van der Waals surface area contributed by atoms with Crippen LogP contribution in [0.1, 0.15) is 23.9 Å². The number of ether oxygens (including phenoxy) is 2. The second-order valence-electron chi connectivity index (χ2n) is 4.86. The van der Waals surface area contributed by atoms with Crippen LogP contribution in [0.15, 0.2) is 24.3 Å². The molecular weight excluding hydrogens is 254 g/mol. The van der Waals surface area contributed by atoms with Crippen molar-refractivity contribution in [3.05, 3.63) is 41.2 Å². The molecule has 1 aromatic heterocycles. The number of para-hydroxylation sites is 1. The van der Waals surface area contributed by atoms with Gasteiger partial charge in [0.1, 0.15) is 0 Å². The normalized spacial score (nSPS) is 12.9. The summed E-state index contributed by atoms with van der Waals surface area (Å²) in [4.78, 5) is 0. The molecule has 1 N–H and O–H groups in total. The van der Waals surface area contributed by atoms with Crippen LogP contribution >= 0.6 is 0 Å². The van der Waals surface area contributed by atoms with E-state index in [-0.39, 0.29) is 0 Å². The molecule has 0 saturated heterocycles. The molecule has 3 rings (SSSR count). The molecule has 2 heterocycles. The maximum atomic E-state index is 5.50. The zero-order valence-corrected chi connectivity index (χ0v) is 11.8. The Morgan fingerprint density at radius 2 is 2.20 bits per heavy atom. The summed E-state index contributed by atoms with van der Waals surface area (Å²) in [6, 6.07) is 8.12. The summed E-state index contributed by atoms with van der Waals surface area (Å²) in [5.41, 5.74) is 3.44. The number of hydrogen-bond acceptors (Lipinski definition) is 4. The van der Waals surface area contributed by atoms with Crippen molar-refractivity contribution < 1.29 is 9.47 Å². The highest BCUT2D eigenvalue weighted by molar-refractivity contribution is 5.48. The highest BCUT2D eigenvalue weighted by Crippen LogP contribution is 2.35. The van der Waals surface area contributed by atoms with Crippen molar-refractivity contribution in [3.8, 4) is 11.5 Å². The van der Waals surface area contributed by atoms with E-state index in [1.165, 1.54) is 5.69 Å². The molecule has 20 heavy (non-hydrogen) atoms. The zero-order valence-electron chi connectivity index (χ0n) is 11.8. The molecule has 0 fully saturated rings. The molecule has 0 unspecified atom stereocenters. The van der Waals surface area contributed by atoms with Gasteiger partial charge in [-0.25, -0.2) is 0 Å². The number of rotatable bonds is 5. The van der Waals surface area contributed by atoms with E-state index in [1.54, 1.807) is 0 Å². The largest absolute Gasteiger partial charge is 0.454 e. The summed E-state index contributed by atoms with van der Waals surface area (Å²) < 4.78 is 12.8. The van der Waals surface area contributed by atoms with Gasteiger partial charge in [0.15, 0.2) is 11.5 Å². The maximum absolute atomic E-state index is 5.50. The number of fused-ring (bicyclic) bond motifs is 1. The van der Waals surface area contributed by atoms with E-state index in [9.17, 15) is 0 Å². The molecule has 0 spiro atoms. The number of hydrogen-bond donors (Lipinski definition) is 1. The molecule has 0 bridgehead atoms. The van der Waals surface area contributed by atoms with Crippen molar-refractivity contribution in [2.75, 3.05) is 6.79 Å². The van der Waals surface area contributed by atoms with E-state index in [0.29, 0.717) is 6.79 Å². The van der Waals surface area contributed by atoms with Crippen LogP contribution in [0.3, 0.4) is 0 Å². The Morgan fingerprint density at radius 1 is 1.30 bits per heavy atom. The lowest BCUT2D eigenvalue weighted by atomic mass is 10.2. The Morgan fingerprint density at radius 3 is 3.00 bits per heavy atom. The highest BCUT2D eigenvalue weighted by atomic mass is 16.7. The molecule has 106 valence electrons. The molecular formula is C15H19N3O2. The summed E-state index contributed by atoms with van der Waals surface area (Å²) in [6.45, 7) is 3.96. The summed E-state index contributed by atoms with van der Waals surface area (Å²) in [6.07, 6.45) is 0.964. The van der Waals surface area contributed by atoms with Crippen LogP contribution in [0.25, 0.3) is 0 Å². The number of aryl methyl sites for hydroxylation is 2. The van der Waals surface area contributed by atoms with Gasteiger partial charge in [-0.15, -0.1) is 0 Å². The van der Waals surface area contributed by atoms with Crippen LogP contribution in [0, 0.1) is 0 Å². The smallest absolute Gasteiger partial charge is 0.231 e. The fourth-order valence-corrected chi connectivity index (χ4v) is 2.36. The van der Waals surface area contributed by atoms with Crippen molar-refractivity contribution in [1.29, 1.82) is 0 Å². The van der Waals surface area contributed by atoms with Crippen LogP contribution < -0.4 is 14.8 Å². The van der Waals surface area contributed by atoms with Crippen molar-refractivity contribution in [2.45, 2.75) is 26.4 Å². The molecule has 5 heteroatoms. The molecule has 0 radical (unpaired) electrons. The number of benzene rings is 1. The third-order valence-corrected chi connectivity index (χ3v) is 3.49. The average Bonchev–Trinajstić information content (AvgIpc) is 3.06. The zero-order chi connectivity index (χ0) is 13.9. The molecule has 0 atom stereocenters. The van der Waals surface area contributed by atoms with Gasteiger partial charge in [-0.2, -0.15) is 5.10 Å². The van der Waals surface area contributed by atoms with Crippen LogP contribution in [0.2, 0.25) is 0 Å². The Hall–Kier alpha value is -2.01. The fraction of sp³-hybridized carbons (Fsp3) is 0.400. The lowest BCUT2D eigenvalue weighted by Crippen LogP contribution is -2.15. The molecule has 1 aliphatic heterocycles. The summed E-state index contributed by atoms with van der Waals surface area (Å²) in [5.74, 6) is 1.69. The quantitative estimate of drug-likeness (QED) is 0.905. The topological polar surface area (TPSA) is 48.3 Å². The van der Waals surface area contributed by atoms with Crippen LogP contribution in [0.5, 0.6) is 11.5 Å². The van der Waals surface area contributed by atoms with Crippen LogP contribution in [-0.2, 0) is 26.6 Å². The first-order valence-corrected chi connectivity index (χ1v) is 6.88. The lowest BCUT2D eigenvalue weighted by Gasteiger charge is -2.07. The van der Waals surface area contributed by atoms with E-state index in [2.05, 4.69) is 29.5 Å². The minimum atomic E-state index is 0.313. The molecule has 1 aliphatic rings. The van der Waals surface area contributed by atoms with E-state index in [0.717, 1.165) is 42.3 Å². The summed E-state index contributed by atoms with van der Waals surface area (Å²) in [5, 5.41) is 7.87. The SMILES string of the molecule is CCc1cc(CNCc2cccc3c2OCO3)n(C)n1. The molecule has 2 aromatic rings. The van der Waals surface area contributed by atoms with Gasteiger partial charge >= 0.3 is 0 Å². The van der Waals surface area contributed by atoms with E-state index in [4.69, 9.17) is 9.47 Å². The molecule has 0 saturated carbocycles. The Bertz CT molecular complexity index is 607. The third kappa shape index (κ3) is 2.49. The third-order valence-electron chi connectivity index (χ3n) is 3.49. The Kier molecular flexibility index (Phi) is 3.60. The Labute approximate surface area is 118 Å². The van der Waals surface area contributed by atoms with Gasteiger partial charge in [-0.3, -0.25) is 4.68 Å². The summed E-state index contributed by atoms with van der Waals surface area (Å²) in [7, 11) is 1.98. The second kappa shape index (κ2) is 5.54. The first-order chi connectivity index (χ1) is 9.78. The number of nitrogens with one attached hydrogen (secondary N) is 1. The predicted octanol–water partition coefficient (Wildman–Crippen LogP) is 2.00. The minimum Gasteiger partial charge on any atom is -0.454 e. The maximum Gasteiger partial charge on any atom is 0.231 e. The average molecular weight is 273 g/mol. The van der Waals surface area contributed by atoms with Crippen molar-refractivity contribution in [3.63, 3.8) is 0 Å². The van der Waals surface area contributed by atoms with Crippen LogP contribution in [0.4, 0.5) is 0 Å². The monoisotopic (exact) mass is 273 g/mol. The van der Waals surface area contributed by atoms with Gasteiger partial charge in [0.05, 0.1) is 11.4 Å². The lowest BCUT2D eigenvalue weighted by molar-refractivity contribution is 0.173. The standard InChI is InChI=1S/C15H19N3O2/c1-3-12-7-13(18(2)17-12)9-16-8-11-5-4-6-14-15(11)20-10-19-14/h4-7,16H,3,8-10H2,1-2H3. The van der Waals surface area contributed by atoms with E-state index >= 15 is 0 Å². The van der Waals surface area contributed by atoms with Gasteiger partial charge in [0, 0.05) is 25.7 Å². The molecule has 0 amide bonds.